The number of benzene rings is 1. The molecule has 1 aromatic carbocycles. The molecule has 25 heavy (non-hydrogen) atoms. The Morgan fingerprint density at radius 3 is 2.72 bits per heavy atom. The average molecular weight is 346 g/mol. The monoisotopic (exact) mass is 346 g/mol. The lowest BCUT2D eigenvalue weighted by atomic mass is 9.58. The fourth-order valence-electron chi connectivity index (χ4n) is 4.12. The predicted molar refractivity (Wildman–Crippen MR) is 98.8 cm³/mol. The van der Waals surface area contributed by atoms with Gasteiger partial charge in [0.25, 0.3) is 0 Å². The highest BCUT2D eigenvalue weighted by molar-refractivity contribution is 5.89. The van der Waals surface area contributed by atoms with Crippen LogP contribution in [0.25, 0.3) is 0 Å². The molecule has 1 heterocycles. The Hall–Kier alpha value is -1.59. The molecule has 2 N–H and O–H groups in total. The van der Waals surface area contributed by atoms with Crippen LogP contribution in [0.5, 0.6) is 0 Å². The summed E-state index contributed by atoms with van der Waals surface area (Å²) >= 11 is 0. The number of aliphatic hydroxyl groups excluding tert-OH is 1. The van der Waals surface area contributed by atoms with Gasteiger partial charge in [0.15, 0.2) is 0 Å². The molecule has 1 aromatic rings. The molecule has 5 nitrogen and oxygen atoms in total. The summed E-state index contributed by atoms with van der Waals surface area (Å²) in [6, 6.07) is 7.97. The van der Waals surface area contributed by atoms with Crippen LogP contribution in [0.1, 0.15) is 51.5 Å². The van der Waals surface area contributed by atoms with E-state index in [1.54, 1.807) is 0 Å². The topological polar surface area (TPSA) is 61.8 Å². The maximum atomic E-state index is 12.6. The molecule has 2 amide bonds. The molecule has 1 aliphatic heterocycles. The zero-order valence-electron chi connectivity index (χ0n) is 15.5. The van der Waals surface area contributed by atoms with Crippen LogP contribution in [0.4, 0.5) is 10.5 Å². The van der Waals surface area contributed by atoms with Gasteiger partial charge in [-0.05, 0) is 43.4 Å². The summed E-state index contributed by atoms with van der Waals surface area (Å²) in [6.07, 6.45) is 2.18. The third-order valence-corrected chi connectivity index (χ3v) is 5.90. The van der Waals surface area contributed by atoms with Gasteiger partial charge in [0.1, 0.15) is 0 Å². The molecule has 0 unspecified atom stereocenters. The van der Waals surface area contributed by atoms with Crippen LogP contribution in [0.15, 0.2) is 24.3 Å². The zero-order valence-corrected chi connectivity index (χ0v) is 15.5. The number of aliphatic hydroxyl groups is 1. The minimum absolute atomic E-state index is 0.0578. The van der Waals surface area contributed by atoms with Crippen molar-refractivity contribution >= 4 is 11.7 Å². The normalized spacial score (nSPS) is 25.1. The van der Waals surface area contributed by atoms with E-state index in [0.29, 0.717) is 25.6 Å². The fraction of sp³-hybridized carbons (Fsp3) is 0.650. The third kappa shape index (κ3) is 3.53. The molecule has 2 atom stereocenters. The number of ether oxygens (including phenoxy) is 1. The summed E-state index contributed by atoms with van der Waals surface area (Å²) in [5.74, 6) is 0.433. The van der Waals surface area contributed by atoms with E-state index in [4.69, 9.17) is 4.74 Å². The highest BCUT2D eigenvalue weighted by Crippen LogP contribution is 2.50. The SMILES string of the molecule is CCO[C@@H]1C[C@H](O)C12CCN(C(=O)Nc1cccc(C(C)C)c1)CC2. The second kappa shape index (κ2) is 7.34. The molecule has 1 aliphatic carbocycles. The first-order valence-corrected chi connectivity index (χ1v) is 9.42. The number of anilines is 1. The molecule has 138 valence electrons. The number of piperidine rings is 1. The van der Waals surface area contributed by atoms with E-state index >= 15 is 0 Å². The third-order valence-electron chi connectivity index (χ3n) is 5.90. The first-order chi connectivity index (χ1) is 12.0. The van der Waals surface area contributed by atoms with Crippen LogP contribution in [-0.2, 0) is 4.74 Å². The van der Waals surface area contributed by atoms with Crippen LogP contribution in [-0.4, -0.2) is 47.9 Å². The average Bonchev–Trinajstić information content (AvgIpc) is 2.62. The number of carbonyl (C=O) groups excluding carboxylic acids is 1. The van der Waals surface area contributed by atoms with E-state index in [1.807, 2.05) is 30.0 Å². The highest BCUT2D eigenvalue weighted by atomic mass is 16.5. The van der Waals surface area contributed by atoms with Crippen molar-refractivity contribution in [3.05, 3.63) is 29.8 Å². The van der Waals surface area contributed by atoms with Crippen LogP contribution in [0.3, 0.4) is 0 Å². The Bertz CT molecular complexity index is 607. The molecular formula is C20H30N2O3. The summed E-state index contributed by atoms with van der Waals surface area (Å²) in [6.45, 7) is 8.28. The van der Waals surface area contributed by atoms with Gasteiger partial charge in [-0.1, -0.05) is 26.0 Å². The summed E-state index contributed by atoms with van der Waals surface area (Å²) in [5, 5.41) is 13.3. The number of nitrogens with one attached hydrogen (secondary N) is 1. The van der Waals surface area contributed by atoms with Gasteiger partial charge in [0.05, 0.1) is 12.2 Å². The summed E-state index contributed by atoms with van der Waals surface area (Å²) in [7, 11) is 0. The van der Waals surface area contributed by atoms with Crippen LogP contribution in [0, 0.1) is 5.41 Å². The van der Waals surface area contributed by atoms with Gasteiger partial charge in [-0.25, -0.2) is 4.79 Å². The Labute approximate surface area is 150 Å². The van der Waals surface area contributed by atoms with Crippen molar-refractivity contribution in [3.63, 3.8) is 0 Å². The molecule has 1 saturated heterocycles. The van der Waals surface area contributed by atoms with Gasteiger partial charge >= 0.3 is 6.03 Å². The van der Waals surface area contributed by atoms with E-state index in [2.05, 4.69) is 25.2 Å². The molecule has 2 aliphatic rings. The van der Waals surface area contributed by atoms with E-state index in [0.717, 1.165) is 24.9 Å². The quantitative estimate of drug-likeness (QED) is 0.876. The number of likely N-dealkylation sites (tertiary alicyclic amines) is 1. The standard InChI is InChI=1S/C20H30N2O3/c1-4-25-18-13-17(23)20(18)8-10-22(11-9-20)19(24)21-16-7-5-6-15(12-16)14(2)3/h5-7,12,14,17-18,23H,4,8-11,13H2,1-3H3,(H,21,24)/t17-,18+/m0/s1. The minimum Gasteiger partial charge on any atom is -0.392 e. The number of hydrogen-bond acceptors (Lipinski definition) is 3. The van der Waals surface area contributed by atoms with Crippen molar-refractivity contribution in [3.8, 4) is 0 Å². The summed E-state index contributed by atoms with van der Waals surface area (Å²) < 4.78 is 5.79. The summed E-state index contributed by atoms with van der Waals surface area (Å²) in [5.41, 5.74) is 1.91. The molecule has 0 radical (unpaired) electrons. The second-order valence-corrected chi connectivity index (χ2v) is 7.63. The maximum absolute atomic E-state index is 12.6. The fourth-order valence-corrected chi connectivity index (χ4v) is 4.12. The van der Waals surface area contributed by atoms with Crippen molar-refractivity contribution in [1.29, 1.82) is 0 Å². The lowest BCUT2D eigenvalue weighted by molar-refractivity contribution is -0.207. The lowest BCUT2D eigenvalue weighted by Crippen LogP contribution is -2.63. The number of rotatable bonds is 4. The molecule has 2 fully saturated rings. The van der Waals surface area contributed by atoms with Gasteiger partial charge in [-0.2, -0.15) is 0 Å². The van der Waals surface area contributed by atoms with Gasteiger partial charge in [0, 0.05) is 37.2 Å². The number of urea groups is 1. The molecule has 0 aromatic heterocycles. The molecule has 1 spiro atoms. The number of nitrogens with zero attached hydrogens (tertiary/aromatic N) is 1. The van der Waals surface area contributed by atoms with E-state index in [1.165, 1.54) is 5.56 Å². The Kier molecular flexibility index (Phi) is 5.35. The van der Waals surface area contributed by atoms with Crippen molar-refractivity contribution in [2.45, 2.75) is 58.2 Å². The zero-order chi connectivity index (χ0) is 18.0. The second-order valence-electron chi connectivity index (χ2n) is 7.63. The van der Waals surface area contributed by atoms with Crippen molar-refractivity contribution in [2.24, 2.45) is 5.41 Å². The van der Waals surface area contributed by atoms with Crippen LogP contribution < -0.4 is 5.32 Å². The number of hydrogen-bond donors (Lipinski definition) is 2. The van der Waals surface area contributed by atoms with Gasteiger partial charge < -0.3 is 20.1 Å². The van der Waals surface area contributed by atoms with Gasteiger partial charge in [-0.3, -0.25) is 0 Å². The van der Waals surface area contributed by atoms with Crippen molar-refractivity contribution in [2.75, 3.05) is 25.0 Å². The first kappa shape index (κ1) is 18.2. The van der Waals surface area contributed by atoms with E-state index < -0.39 is 0 Å². The largest absolute Gasteiger partial charge is 0.392 e. The molecule has 0 bridgehead atoms. The molecule has 1 saturated carbocycles. The van der Waals surface area contributed by atoms with Gasteiger partial charge in [0.2, 0.25) is 0 Å². The minimum atomic E-state index is -0.294. The maximum Gasteiger partial charge on any atom is 0.321 e. The molecule has 3 rings (SSSR count). The van der Waals surface area contributed by atoms with Crippen LogP contribution in [0.2, 0.25) is 0 Å². The predicted octanol–water partition coefficient (Wildman–Crippen LogP) is 3.59. The van der Waals surface area contributed by atoms with E-state index in [-0.39, 0.29) is 23.7 Å². The number of amides is 2. The Balaban J connectivity index is 1.58. The number of carbonyl (C=O) groups is 1. The smallest absolute Gasteiger partial charge is 0.321 e. The molecule has 5 heteroatoms. The Morgan fingerprint density at radius 2 is 2.12 bits per heavy atom. The first-order valence-electron chi connectivity index (χ1n) is 9.42. The van der Waals surface area contributed by atoms with E-state index in [9.17, 15) is 9.90 Å². The lowest BCUT2D eigenvalue weighted by Gasteiger charge is -2.56. The van der Waals surface area contributed by atoms with Gasteiger partial charge in [-0.15, -0.1) is 0 Å². The van der Waals surface area contributed by atoms with Crippen LogP contribution >= 0.6 is 0 Å². The van der Waals surface area contributed by atoms with Crippen molar-refractivity contribution < 1.29 is 14.6 Å². The Morgan fingerprint density at radius 1 is 1.40 bits per heavy atom. The molecular weight excluding hydrogens is 316 g/mol. The highest BCUT2D eigenvalue weighted by Gasteiger charge is 2.56. The summed E-state index contributed by atoms with van der Waals surface area (Å²) in [4.78, 5) is 14.4. The van der Waals surface area contributed by atoms with Crippen molar-refractivity contribution in [1.82, 2.24) is 4.90 Å².